The van der Waals surface area contributed by atoms with E-state index in [1.807, 2.05) is 35.3 Å². The van der Waals surface area contributed by atoms with Crippen LogP contribution in [0, 0.1) is 12.8 Å². The third-order valence-corrected chi connectivity index (χ3v) is 6.42. The van der Waals surface area contributed by atoms with Gasteiger partial charge in [0.1, 0.15) is 0 Å². The molecule has 8 heteroatoms. The highest BCUT2D eigenvalue weighted by Gasteiger charge is 2.27. The number of thiophene rings is 1. The zero-order valence-electron chi connectivity index (χ0n) is 16.9. The van der Waals surface area contributed by atoms with Crippen molar-refractivity contribution < 1.29 is 9.21 Å². The molecule has 0 radical (unpaired) electrons. The molecule has 154 valence electrons. The summed E-state index contributed by atoms with van der Waals surface area (Å²) < 4.78 is 7.75. The van der Waals surface area contributed by atoms with Gasteiger partial charge in [-0.2, -0.15) is 5.10 Å². The van der Waals surface area contributed by atoms with Crippen LogP contribution in [0.1, 0.15) is 66.9 Å². The SMILES string of the molecule is CCCn1cc(C(=O)NCC2CCC(c3nnc(-c4cccs4)o3)CC2)c(C)n1. The van der Waals surface area contributed by atoms with Crippen molar-refractivity contribution in [2.24, 2.45) is 5.92 Å². The van der Waals surface area contributed by atoms with E-state index in [1.54, 1.807) is 11.3 Å². The Hall–Kier alpha value is -2.48. The summed E-state index contributed by atoms with van der Waals surface area (Å²) >= 11 is 1.61. The molecule has 1 aliphatic carbocycles. The van der Waals surface area contributed by atoms with Crippen LogP contribution in [0.25, 0.3) is 10.8 Å². The Morgan fingerprint density at radius 2 is 2.14 bits per heavy atom. The summed E-state index contributed by atoms with van der Waals surface area (Å²) in [7, 11) is 0. The van der Waals surface area contributed by atoms with E-state index in [1.165, 1.54) is 0 Å². The molecular formula is C21H27N5O2S. The van der Waals surface area contributed by atoms with E-state index in [-0.39, 0.29) is 5.91 Å². The highest BCUT2D eigenvalue weighted by atomic mass is 32.1. The molecule has 0 aromatic carbocycles. The summed E-state index contributed by atoms with van der Waals surface area (Å²) in [6.45, 7) is 5.53. The fraction of sp³-hybridized carbons (Fsp3) is 0.524. The lowest BCUT2D eigenvalue weighted by atomic mass is 9.82. The Morgan fingerprint density at radius 1 is 1.31 bits per heavy atom. The second kappa shape index (κ2) is 8.90. The summed E-state index contributed by atoms with van der Waals surface area (Å²) in [6.07, 6.45) is 6.98. The fourth-order valence-electron chi connectivity index (χ4n) is 3.93. The van der Waals surface area contributed by atoms with Gasteiger partial charge in [0.15, 0.2) is 0 Å². The third kappa shape index (κ3) is 4.58. The predicted molar refractivity (Wildman–Crippen MR) is 112 cm³/mol. The molecule has 1 N–H and O–H groups in total. The predicted octanol–water partition coefficient (Wildman–Crippen LogP) is 4.42. The fourth-order valence-corrected chi connectivity index (χ4v) is 4.57. The van der Waals surface area contributed by atoms with Crippen LogP contribution >= 0.6 is 11.3 Å². The molecule has 0 atom stereocenters. The van der Waals surface area contributed by atoms with Crippen molar-refractivity contribution in [2.45, 2.75) is 58.4 Å². The maximum Gasteiger partial charge on any atom is 0.257 e. The first-order chi connectivity index (χ1) is 14.1. The minimum absolute atomic E-state index is 0.0236. The molecule has 7 nitrogen and oxygen atoms in total. The third-order valence-electron chi connectivity index (χ3n) is 5.56. The molecule has 1 fully saturated rings. The molecule has 0 spiro atoms. The van der Waals surface area contributed by atoms with Gasteiger partial charge in [0.25, 0.3) is 11.8 Å². The summed E-state index contributed by atoms with van der Waals surface area (Å²) in [5.41, 5.74) is 1.47. The van der Waals surface area contributed by atoms with Crippen molar-refractivity contribution in [3.8, 4) is 10.8 Å². The van der Waals surface area contributed by atoms with Crippen molar-refractivity contribution in [1.29, 1.82) is 0 Å². The Kier molecular flexibility index (Phi) is 6.08. The van der Waals surface area contributed by atoms with E-state index in [9.17, 15) is 4.79 Å². The molecule has 3 heterocycles. The van der Waals surface area contributed by atoms with Crippen LogP contribution in [0.15, 0.2) is 28.1 Å². The van der Waals surface area contributed by atoms with Crippen molar-refractivity contribution in [2.75, 3.05) is 6.54 Å². The highest BCUT2D eigenvalue weighted by molar-refractivity contribution is 7.13. The van der Waals surface area contributed by atoms with Gasteiger partial charge in [-0.1, -0.05) is 13.0 Å². The standard InChI is InChI=1S/C21H27N5O2S/c1-3-10-26-13-17(14(2)25-26)19(27)22-12-15-6-8-16(9-7-15)20-23-24-21(28-20)18-5-4-11-29-18/h4-5,11,13,15-16H,3,6-10,12H2,1-2H3,(H,22,27). The van der Waals surface area contributed by atoms with Crippen LogP contribution in [0.2, 0.25) is 0 Å². The van der Waals surface area contributed by atoms with Gasteiger partial charge in [-0.05, 0) is 56.4 Å². The molecule has 1 saturated carbocycles. The number of aryl methyl sites for hydroxylation is 2. The average Bonchev–Trinajstić information content (AvgIpc) is 3.47. The van der Waals surface area contributed by atoms with Gasteiger partial charge in [-0.3, -0.25) is 9.48 Å². The zero-order chi connectivity index (χ0) is 20.2. The first kappa shape index (κ1) is 19.8. The van der Waals surface area contributed by atoms with Crippen LogP contribution in [-0.4, -0.2) is 32.4 Å². The summed E-state index contributed by atoms with van der Waals surface area (Å²) in [5, 5.41) is 18.0. The second-order valence-electron chi connectivity index (χ2n) is 7.74. The van der Waals surface area contributed by atoms with E-state index in [4.69, 9.17) is 4.42 Å². The van der Waals surface area contributed by atoms with Gasteiger partial charge in [-0.25, -0.2) is 0 Å². The molecule has 0 saturated heterocycles. The second-order valence-corrected chi connectivity index (χ2v) is 8.69. The van der Waals surface area contributed by atoms with Crippen molar-refractivity contribution in [3.05, 3.63) is 40.9 Å². The lowest BCUT2D eigenvalue weighted by Gasteiger charge is -2.26. The van der Waals surface area contributed by atoms with Gasteiger partial charge in [0, 0.05) is 25.2 Å². The number of amides is 1. The molecule has 0 bridgehead atoms. The summed E-state index contributed by atoms with van der Waals surface area (Å²) in [4.78, 5) is 13.5. The monoisotopic (exact) mass is 413 g/mol. The first-order valence-electron chi connectivity index (χ1n) is 10.3. The number of hydrogen-bond acceptors (Lipinski definition) is 6. The smallest absolute Gasteiger partial charge is 0.257 e. The van der Waals surface area contributed by atoms with Gasteiger partial charge in [-0.15, -0.1) is 21.5 Å². The van der Waals surface area contributed by atoms with E-state index in [0.717, 1.165) is 55.1 Å². The molecule has 3 aromatic heterocycles. The van der Waals surface area contributed by atoms with Gasteiger partial charge < -0.3 is 9.73 Å². The van der Waals surface area contributed by atoms with E-state index in [0.29, 0.717) is 29.8 Å². The quantitative estimate of drug-likeness (QED) is 0.620. The first-order valence-corrected chi connectivity index (χ1v) is 11.2. The molecule has 1 aliphatic rings. The number of carbonyl (C=O) groups is 1. The molecular weight excluding hydrogens is 386 g/mol. The van der Waals surface area contributed by atoms with E-state index in [2.05, 4.69) is 27.5 Å². The Morgan fingerprint density at radius 3 is 2.86 bits per heavy atom. The van der Waals surface area contributed by atoms with Crippen molar-refractivity contribution >= 4 is 17.2 Å². The Bertz CT molecular complexity index is 938. The van der Waals surface area contributed by atoms with Gasteiger partial charge in [0.05, 0.1) is 16.1 Å². The molecule has 4 rings (SSSR count). The Labute approximate surface area is 174 Å². The summed E-state index contributed by atoms with van der Waals surface area (Å²) in [6, 6.07) is 3.98. The number of carbonyl (C=O) groups excluding carboxylic acids is 1. The van der Waals surface area contributed by atoms with Gasteiger partial charge >= 0.3 is 0 Å². The zero-order valence-corrected chi connectivity index (χ0v) is 17.7. The molecule has 3 aromatic rings. The van der Waals surface area contributed by atoms with Crippen LogP contribution in [0.5, 0.6) is 0 Å². The number of nitrogens with zero attached hydrogens (tertiary/aromatic N) is 4. The maximum atomic E-state index is 12.5. The van der Waals surface area contributed by atoms with Crippen LogP contribution in [0.3, 0.4) is 0 Å². The van der Waals surface area contributed by atoms with Crippen molar-refractivity contribution in [3.63, 3.8) is 0 Å². The minimum atomic E-state index is -0.0236. The van der Waals surface area contributed by atoms with Crippen LogP contribution in [0.4, 0.5) is 0 Å². The van der Waals surface area contributed by atoms with Crippen molar-refractivity contribution in [1.82, 2.24) is 25.3 Å². The van der Waals surface area contributed by atoms with Gasteiger partial charge in [0.2, 0.25) is 5.89 Å². The minimum Gasteiger partial charge on any atom is -0.420 e. The topological polar surface area (TPSA) is 85.8 Å². The molecule has 0 aliphatic heterocycles. The summed E-state index contributed by atoms with van der Waals surface area (Å²) in [5.74, 6) is 2.14. The maximum absolute atomic E-state index is 12.5. The van der Waals surface area contributed by atoms with Crippen LogP contribution in [-0.2, 0) is 6.54 Å². The van der Waals surface area contributed by atoms with E-state index < -0.39 is 0 Å². The average molecular weight is 414 g/mol. The normalized spacial score (nSPS) is 19.4. The van der Waals surface area contributed by atoms with Crippen LogP contribution < -0.4 is 5.32 Å². The highest BCUT2D eigenvalue weighted by Crippen LogP contribution is 2.36. The lowest BCUT2D eigenvalue weighted by Crippen LogP contribution is -2.31. The number of rotatable bonds is 7. The Balaban J connectivity index is 1.26. The number of hydrogen-bond donors (Lipinski definition) is 1. The molecule has 1 amide bonds. The molecule has 0 unspecified atom stereocenters. The largest absolute Gasteiger partial charge is 0.420 e. The lowest BCUT2D eigenvalue weighted by molar-refractivity contribution is 0.0941. The number of nitrogens with one attached hydrogen (secondary N) is 1. The van der Waals surface area contributed by atoms with E-state index >= 15 is 0 Å². The molecule has 29 heavy (non-hydrogen) atoms. The number of aromatic nitrogens is 4.